The van der Waals surface area contributed by atoms with Crippen molar-refractivity contribution in [3.63, 3.8) is 0 Å². The van der Waals surface area contributed by atoms with Crippen LogP contribution in [0.4, 0.5) is 0 Å². The van der Waals surface area contributed by atoms with E-state index in [0.717, 1.165) is 5.82 Å². The van der Waals surface area contributed by atoms with Gasteiger partial charge in [0.05, 0.1) is 12.5 Å². The van der Waals surface area contributed by atoms with Gasteiger partial charge in [-0.1, -0.05) is 6.92 Å². The van der Waals surface area contributed by atoms with Crippen LogP contribution in [-0.4, -0.2) is 33.9 Å². The van der Waals surface area contributed by atoms with Crippen molar-refractivity contribution in [3.05, 3.63) is 18.2 Å². The lowest BCUT2D eigenvalue weighted by molar-refractivity contribution is -0.134. The Labute approximate surface area is 89.7 Å². The monoisotopic (exact) mass is 210 g/mol. The number of aromatic nitrogens is 2. The molecule has 5 heteroatoms. The van der Waals surface area contributed by atoms with Crippen molar-refractivity contribution in [1.82, 2.24) is 14.9 Å². The van der Waals surface area contributed by atoms with E-state index in [2.05, 4.69) is 9.97 Å². The second-order valence-corrected chi connectivity index (χ2v) is 3.88. The Morgan fingerprint density at radius 3 is 2.80 bits per heavy atom. The lowest BCUT2D eigenvalue weighted by atomic mass is 10.0. The number of carbonyl (C=O) groups is 1. The number of nitrogens with one attached hydrogen (secondary N) is 1. The zero-order valence-corrected chi connectivity index (χ0v) is 9.40. The summed E-state index contributed by atoms with van der Waals surface area (Å²) in [7, 11) is 1.75. The van der Waals surface area contributed by atoms with E-state index in [9.17, 15) is 4.79 Å². The van der Waals surface area contributed by atoms with Crippen molar-refractivity contribution in [2.24, 2.45) is 11.7 Å². The molecule has 0 radical (unpaired) electrons. The number of imidazole rings is 1. The van der Waals surface area contributed by atoms with E-state index in [1.807, 2.05) is 13.8 Å². The first-order valence-corrected chi connectivity index (χ1v) is 5.01. The van der Waals surface area contributed by atoms with Gasteiger partial charge in [0, 0.05) is 25.5 Å². The van der Waals surface area contributed by atoms with E-state index in [0.29, 0.717) is 6.54 Å². The minimum absolute atomic E-state index is 0.0430. The van der Waals surface area contributed by atoms with Gasteiger partial charge in [0.25, 0.3) is 0 Å². The Morgan fingerprint density at radius 1 is 1.67 bits per heavy atom. The number of rotatable bonds is 4. The number of nitrogens with zero attached hydrogens (tertiary/aromatic N) is 2. The molecule has 0 aliphatic carbocycles. The summed E-state index contributed by atoms with van der Waals surface area (Å²) in [5.74, 6) is 0.661. The maximum absolute atomic E-state index is 11.8. The van der Waals surface area contributed by atoms with E-state index in [1.165, 1.54) is 0 Å². The molecule has 15 heavy (non-hydrogen) atoms. The van der Waals surface area contributed by atoms with Crippen LogP contribution in [0.25, 0.3) is 0 Å². The minimum atomic E-state index is -0.162. The molecule has 1 rings (SSSR count). The fourth-order valence-corrected chi connectivity index (χ4v) is 1.26. The molecule has 0 aliphatic rings. The predicted molar refractivity (Wildman–Crippen MR) is 57.9 cm³/mol. The van der Waals surface area contributed by atoms with Crippen LogP contribution >= 0.6 is 0 Å². The highest BCUT2D eigenvalue weighted by molar-refractivity contribution is 5.78. The van der Waals surface area contributed by atoms with Crippen LogP contribution < -0.4 is 5.73 Å². The Balaban J connectivity index is 2.54. The van der Waals surface area contributed by atoms with E-state index in [-0.39, 0.29) is 17.9 Å². The van der Waals surface area contributed by atoms with Crippen molar-refractivity contribution in [1.29, 1.82) is 0 Å². The highest BCUT2D eigenvalue weighted by Gasteiger charge is 2.21. The number of carbonyl (C=O) groups excluding carboxylic acids is 1. The second-order valence-electron chi connectivity index (χ2n) is 3.88. The van der Waals surface area contributed by atoms with Gasteiger partial charge < -0.3 is 15.6 Å². The summed E-state index contributed by atoms with van der Waals surface area (Å²) >= 11 is 0. The third-order valence-electron chi connectivity index (χ3n) is 2.50. The first-order valence-electron chi connectivity index (χ1n) is 5.01. The standard InChI is InChI=1S/C10H18N4O/c1-7(8(2)11)10(15)14(3)6-9-12-4-5-13-9/h4-5,7-8H,6,11H2,1-3H3,(H,12,13). The van der Waals surface area contributed by atoms with Gasteiger partial charge in [0.1, 0.15) is 5.82 Å². The van der Waals surface area contributed by atoms with Gasteiger partial charge in [0.15, 0.2) is 0 Å². The number of hydrogen-bond acceptors (Lipinski definition) is 3. The molecular weight excluding hydrogens is 192 g/mol. The van der Waals surface area contributed by atoms with Crippen LogP contribution in [0.5, 0.6) is 0 Å². The molecule has 3 N–H and O–H groups in total. The lowest BCUT2D eigenvalue weighted by Crippen LogP contribution is -2.39. The fraction of sp³-hybridized carbons (Fsp3) is 0.600. The fourth-order valence-electron chi connectivity index (χ4n) is 1.26. The van der Waals surface area contributed by atoms with E-state index >= 15 is 0 Å². The van der Waals surface area contributed by atoms with E-state index < -0.39 is 0 Å². The zero-order chi connectivity index (χ0) is 11.4. The molecular formula is C10H18N4O. The van der Waals surface area contributed by atoms with Gasteiger partial charge in [0.2, 0.25) is 5.91 Å². The van der Waals surface area contributed by atoms with Gasteiger partial charge in [-0.2, -0.15) is 0 Å². The van der Waals surface area contributed by atoms with Crippen molar-refractivity contribution < 1.29 is 4.79 Å². The van der Waals surface area contributed by atoms with E-state index in [1.54, 1.807) is 24.3 Å². The quantitative estimate of drug-likeness (QED) is 0.753. The SMILES string of the molecule is CC(N)C(C)C(=O)N(C)Cc1ncc[nH]1. The summed E-state index contributed by atoms with van der Waals surface area (Å²) < 4.78 is 0. The summed E-state index contributed by atoms with van der Waals surface area (Å²) in [6.45, 7) is 4.16. The molecule has 1 aromatic rings. The Morgan fingerprint density at radius 2 is 2.33 bits per heavy atom. The zero-order valence-electron chi connectivity index (χ0n) is 9.40. The third-order valence-corrected chi connectivity index (χ3v) is 2.50. The Kier molecular flexibility index (Phi) is 3.85. The highest BCUT2D eigenvalue weighted by Crippen LogP contribution is 2.06. The molecule has 0 bridgehead atoms. The van der Waals surface area contributed by atoms with Crippen molar-refractivity contribution in [3.8, 4) is 0 Å². The minimum Gasteiger partial charge on any atom is -0.347 e. The van der Waals surface area contributed by atoms with Crippen LogP contribution in [0.3, 0.4) is 0 Å². The average Bonchev–Trinajstić information content (AvgIpc) is 2.67. The molecule has 0 aliphatic heterocycles. The number of hydrogen-bond donors (Lipinski definition) is 2. The average molecular weight is 210 g/mol. The first kappa shape index (κ1) is 11.7. The first-order chi connectivity index (χ1) is 7.02. The number of nitrogens with two attached hydrogens (primary N) is 1. The van der Waals surface area contributed by atoms with Gasteiger partial charge in [-0.05, 0) is 6.92 Å². The molecule has 1 aromatic heterocycles. The van der Waals surface area contributed by atoms with Crippen LogP contribution in [0.15, 0.2) is 12.4 Å². The molecule has 1 heterocycles. The molecule has 2 atom stereocenters. The summed E-state index contributed by atoms with van der Waals surface area (Å²) in [5, 5.41) is 0. The summed E-state index contributed by atoms with van der Waals surface area (Å²) in [6, 6.07) is -0.128. The summed E-state index contributed by atoms with van der Waals surface area (Å²) in [5.41, 5.74) is 5.68. The molecule has 5 nitrogen and oxygen atoms in total. The van der Waals surface area contributed by atoms with Crippen LogP contribution in [-0.2, 0) is 11.3 Å². The van der Waals surface area contributed by atoms with Crippen molar-refractivity contribution in [2.75, 3.05) is 7.05 Å². The predicted octanol–water partition coefficient (Wildman–Crippen LogP) is 0.351. The van der Waals surface area contributed by atoms with Crippen molar-refractivity contribution in [2.45, 2.75) is 26.4 Å². The number of aromatic amines is 1. The van der Waals surface area contributed by atoms with Crippen LogP contribution in [0.2, 0.25) is 0 Å². The molecule has 2 unspecified atom stereocenters. The summed E-state index contributed by atoms with van der Waals surface area (Å²) in [6.07, 6.45) is 3.41. The third kappa shape index (κ3) is 3.06. The summed E-state index contributed by atoms with van der Waals surface area (Å²) in [4.78, 5) is 20.5. The molecule has 0 saturated carbocycles. The van der Waals surface area contributed by atoms with Gasteiger partial charge in [-0.3, -0.25) is 4.79 Å². The Bertz CT molecular complexity index is 307. The lowest BCUT2D eigenvalue weighted by Gasteiger charge is -2.22. The van der Waals surface area contributed by atoms with Crippen LogP contribution in [0.1, 0.15) is 19.7 Å². The van der Waals surface area contributed by atoms with E-state index in [4.69, 9.17) is 5.73 Å². The smallest absolute Gasteiger partial charge is 0.227 e. The Hall–Kier alpha value is -1.36. The molecule has 1 amide bonds. The number of amides is 1. The number of H-pyrrole nitrogens is 1. The second kappa shape index (κ2) is 4.93. The maximum Gasteiger partial charge on any atom is 0.227 e. The van der Waals surface area contributed by atoms with Crippen molar-refractivity contribution >= 4 is 5.91 Å². The van der Waals surface area contributed by atoms with Gasteiger partial charge in [-0.15, -0.1) is 0 Å². The molecule has 0 fully saturated rings. The van der Waals surface area contributed by atoms with Gasteiger partial charge in [-0.25, -0.2) is 4.98 Å². The molecule has 0 saturated heterocycles. The molecule has 0 spiro atoms. The topological polar surface area (TPSA) is 75.0 Å². The van der Waals surface area contributed by atoms with Crippen LogP contribution in [0, 0.1) is 5.92 Å². The highest BCUT2D eigenvalue weighted by atomic mass is 16.2. The molecule has 84 valence electrons. The molecule has 0 aromatic carbocycles. The largest absolute Gasteiger partial charge is 0.347 e. The maximum atomic E-state index is 11.8. The van der Waals surface area contributed by atoms with Gasteiger partial charge >= 0.3 is 0 Å². The normalized spacial score (nSPS) is 14.7.